The van der Waals surface area contributed by atoms with Gasteiger partial charge in [0.1, 0.15) is 0 Å². The lowest BCUT2D eigenvalue weighted by Gasteiger charge is -2.06. The lowest BCUT2D eigenvalue weighted by atomic mass is 10.1. The summed E-state index contributed by atoms with van der Waals surface area (Å²) in [4.78, 5) is 10.0. The molecular formula is C15H10N4OS2. The molecule has 2 aromatic heterocycles. The van der Waals surface area contributed by atoms with Crippen molar-refractivity contribution in [3.8, 4) is 17.1 Å². The molecule has 0 unspecified atom stereocenters. The second kappa shape index (κ2) is 5.51. The molecule has 1 aromatic carbocycles. The smallest absolute Gasteiger partial charge is 0.252 e. The Morgan fingerprint density at radius 2 is 2.00 bits per heavy atom. The van der Waals surface area contributed by atoms with Crippen LogP contribution in [0.4, 0.5) is 5.69 Å². The predicted molar refractivity (Wildman–Crippen MR) is 88.2 cm³/mol. The lowest BCUT2D eigenvalue weighted by molar-refractivity contribution is 0.517. The predicted octanol–water partition coefficient (Wildman–Crippen LogP) is 3.79. The van der Waals surface area contributed by atoms with Crippen molar-refractivity contribution in [2.45, 2.75) is 5.16 Å². The Hall–Kier alpha value is -2.25. The first-order valence-corrected chi connectivity index (χ1v) is 8.64. The van der Waals surface area contributed by atoms with E-state index in [-0.39, 0.29) is 0 Å². The summed E-state index contributed by atoms with van der Waals surface area (Å²) in [6, 6.07) is 11.7. The average molecular weight is 326 g/mol. The molecule has 3 heterocycles. The third kappa shape index (κ3) is 2.28. The summed E-state index contributed by atoms with van der Waals surface area (Å²) in [5.41, 5.74) is 2.29. The van der Waals surface area contributed by atoms with Crippen molar-refractivity contribution in [3.05, 3.63) is 46.7 Å². The van der Waals surface area contributed by atoms with Gasteiger partial charge in [0.05, 0.1) is 10.6 Å². The van der Waals surface area contributed by atoms with Gasteiger partial charge in [0.15, 0.2) is 5.69 Å². The third-order valence-electron chi connectivity index (χ3n) is 3.12. The van der Waals surface area contributed by atoms with E-state index < -0.39 is 0 Å². The third-order valence-corrected chi connectivity index (χ3v) is 4.52. The Balaban J connectivity index is 1.95. The first kappa shape index (κ1) is 13.4. The van der Waals surface area contributed by atoms with Gasteiger partial charge < -0.3 is 4.74 Å². The Morgan fingerprint density at radius 1 is 1.09 bits per heavy atom. The van der Waals surface area contributed by atoms with Gasteiger partial charge in [-0.15, -0.1) is 21.5 Å². The molecule has 4 rings (SSSR count). The molecule has 0 bridgehead atoms. The van der Waals surface area contributed by atoms with E-state index in [1.165, 1.54) is 11.8 Å². The molecular weight excluding hydrogens is 316 g/mol. The van der Waals surface area contributed by atoms with Crippen molar-refractivity contribution >= 4 is 34.7 Å². The quantitative estimate of drug-likeness (QED) is 0.671. The van der Waals surface area contributed by atoms with Crippen molar-refractivity contribution in [2.24, 2.45) is 4.99 Å². The summed E-state index contributed by atoms with van der Waals surface area (Å²) in [6.45, 7) is 0. The van der Waals surface area contributed by atoms with Crippen LogP contribution in [-0.4, -0.2) is 27.3 Å². The average Bonchev–Trinajstić information content (AvgIpc) is 3.04. The molecule has 0 spiro atoms. The number of thiophene rings is 1. The van der Waals surface area contributed by atoms with Crippen LogP contribution < -0.4 is 4.74 Å². The van der Waals surface area contributed by atoms with Crippen molar-refractivity contribution in [3.63, 3.8) is 0 Å². The van der Waals surface area contributed by atoms with E-state index in [9.17, 15) is 0 Å². The number of nitrogens with zero attached hydrogens (tertiary/aromatic N) is 4. The number of benzene rings is 1. The number of thioether (sulfide) groups is 1. The monoisotopic (exact) mass is 326 g/mol. The summed E-state index contributed by atoms with van der Waals surface area (Å²) in [7, 11) is 0. The fraction of sp³-hybridized carbons (Fsp3) is 0.0667. The van der Waals surface area contributed by atoms with Gasteiger partial charge in [0, 0.05) is 5.56 Å². The van der Waals surface area contributed by atoms with Gasteiger partial charge in [-0.05, 0) is 23.8 Å². The van der Waals surface area contributed by atoms with E-state index in [4.69, 9.17) is 4.74 Å². The molecule has 0 aliphatic carbocycles. The van der Waals surface area contributed by atoms with E-state index in [0.717, 1.165) is 16.1 Å². The maximum atomic E-state index is 5.96. The van der Waals surface area contributed by atoms with E-state index in [2.05, 4.69) is 20.2 Å². The fourth-order valence-electron chi connectivity index (χ4n) is 2.13. The number of hydrogen-bond donors (Lipinski definition) is 0. The zero-order valence-electron chi connectivity index (χ0n) is 11.6. The van der Waals surface area contributed by atoms with Gasteiger partial charge in [-0.25, -0.2) is 4.99 Å². The molecule has 0 radical (unpaired) electrons. The fourth-order valence-corrected chi connectivity index (χ4v) is 3.07. The van der Waals surface area contributed by atoms with Crippen molar-refractivity contribution in [1.82, 2.24) is 15.2 Å². The van der Waals surface area contributed by atoms with Gasteiger partial charge >= 0.3 is 0 Å². The first-order chi connectivity index (χ1) is 10.8. The number of aromatic nitrogens is 3. The summed E-state index contributed by atoms with van der Waals surface area (Å²) in [5.74, 6) is 0.977. The van der Waals surface area contributed by atoms with Gasteiger partial charge in [-0.3, -0.25) is 0 Å². The normalized spacial score (nSPS) is 12.7. The Bertz CT molecular complexity index is 862. The van der Waals surface area contributed by atoms with Crippen LogP contribution in [-0.2, 0) is 0 Å². The minimum atomic E-state index is 0.441. The number of rotatable bonds is 2. The molecule has 0 saturated heterocycles. The number of hydrogen-bond acceptors (Lipinski definition) is 7. The number of para-hydroxylation sites is 1. The van der Waals surface area contributed by atoms with Crippen LogP contribution in [0.5, 0.6) is 5.88 Å². The van der Waals surface area contributed by atoms with Crippen LogP contribution in [0.25, 0.3) is 11.3 Å². The van der Waals surface area contributed by atoms with Crippen LogP contribution in [0.15, 0.2) is 51.9 Å². The topological polar surface area (TPSA) is 60.3 Å². The van der Waals surface area contributed by atoms with Gasteiger partial charge in [0.25, 0.3) is 5.88 Å². The zero-order valence-corrected chi connectivity index (χ0v) is 13.2. The number of aliphatic imine (C=N–C) groups is 1. The summed E-state index contributed by atoms with van der Waals surface area (Å²) < 4.78 is 5.96. The number of ether oxygens (including phenoxy) is 1. The molecule has 108 valence electrons. The van der Waals surface area contributed by atoms with Crippen LogP contribution in [0.2, 0.25) is 0 Å². The Morgan fingerprint density at radius 3 is 2.82 bits per heavy atom. The molecule has 0 fully saturated rings. The maximum absolute atomic E-state index is 5.96. The zero-order chi connectivity index (χ0) is 14.9. The molecule has 0 saturated carbocycles. The second-order valence-electron chi connectivity index (χ2n) is 4.47. The molecule has 0 atom stereocenters. The molecule has 22 heavy (non-hydrogen) atoms. The molecule has 1 aliphatic rings. The highest BCUT2D eigenvalue weighted by Gasteiger charge is 2.22. The molecule has 0 amide bonds. The van der Waals surface area contributed by atoms with Gasteiger partial charge in [-0.2, -0.15) is 4.98 Å². The molecule has 7 heteroatoms. The van der Waals surface area contributed by atoms with E-state index >= 15 is 0 Å². The molecule has 1 aliphatic heterocycles. The largest absolute Gasteiger partial charge is 0.417 e. The summed E-state index contributed by atoms with van der Waals surface area (Å²) >= 11 is 3.00. The molecule has 3 aromatic rings. The van der Waals surface area contributed by atoms with Crippen molar-refractivity contribution in [2.75, 3.05) is 6.26 Å². The van der Waals surface area contributed by atoms with Crippen molar-refractivity contribution < 1.29 is 4.74 Å². The first-order valence-electron chi connectivity index (χ1n) is 6.53. The SMILES string of the molecule is CSc1nnc2c(n1)OC(c1cccs1)=Nc1ccccc1-2. The van der Waals surface area contributed by atoms with Crippen molar-refractivity contribution in [1.29, 1.82) is 0 Å². The van der Waals surface area contributed by atoms with Crippen LogP contribution in [0, 0.1) is 0 Å². The second-order valence-corrected chi connectivity index (χ2v) is 6.19. The van der Waals surface area contributed by atoms with Crippen LogP contribution in [0.1, 0.15) is 4.88 Å². The van der Waals surface area contributed by atoms with E-state index in [1.807, 2.05) is 48.0 Å². The Kier molecular flexibility index (Phi) is 3.36. The minimum absolute atomic E-state index is 0.441. The number of fused-ring (bicyclic) bond motifs is 3. The maximum Gasteiger partial charge on any atom is 0.252 e. The standard InChI is InChI=1S/C15H10N4OS2/c1-21-15-17-14-12(18-19-15)9-5-2-3-6-10(9)16-13(20-14)11-7-4-8-22-11/h2-8H,1H3. The van der Waals surface area contributed by atoms with E-state index in [0.29, 0.717) is 22.6 Å². The van der Waals surface area contributed by atoms with Crippen LogP contribution in [0.3, 0.4) is 0 Å². The lowest BCUT2D eigenvalue weighted by Crippen LogP contribution is -2.10. The highest BCUT2D eigenvalue weighted by molar-refractivity contribution is 7.98. The molecule has 5 nitrogen and oxygen atoms in total. The van der Waals surface area contributed by atoms with E-state index in [1.54, 1.807) is 11.3 Å². The highest BCUT2D eigenvalue weighted by Crippen LogP contribution is 2.37. The molecule has 0 N–H and O–H groups in total. The summed E-state index contributed by atoms with van der Waals surface area (Å²) in [5, 5.41) is 11.0. The Labute approximate surface area is 135 Å². The summed E-state index contributed by atoms with van der Waals surface area (Å²) in [6.07, 6.45) is 1.91. The van der Waals surface area contributed by atoms with Gasteiger partial charge in [-0.1, -0.05) is 36.0 Å². The van der Waals surface area contributed by atoms with Gasteiger partial charge in [0.2, 0.25) is 11.1 Å². The van der Waals surface area contributed by atoms with Crippen LogP contribution >= 0.6 is 23.1 Å². The highest BCUT2D eigenvalue weighted by atomic mass is 32.2. The minimum Gasteiger partial charge on any atom is -0.417 e.